The van der Waals surface area contributed by atoms with Gasteiger partial charge in [0.2, 0.25) is 0 Å². The Morgan fingerprint density at radius 2 is 1.34 bits per heavy atom. The zero-order valence-electron chi connectivity index (χ0n) is 28.7. The number of likely N-dealkylation sites (tertiary alicyclic amines) is 1. The number of alkyl halides is 6. The fourth-order valence-electron chi connectivity index (χ4n) is 7.38. The molecule has 0 spiro atoms. The summed E-state index contributed by atoms with van der Waals surface area (Å²) in [5, 5.41) is 1.18. The number of benzene rings is 4. The van der Waals surface area contributed by atoms with Gasteiger partial charge in [-0.25, -0.2) is 4.79 Å². The van der Waals surface area contributed by atoms with Gasteiger partial charge in [0, 0.05) is 43.3 Å². The summed E-state index contributed by atoms with van der Waals surface area (Å²) in [5.41, 5.74) is 5.46. The lowest BCUT2D eigenvalue weighted by molar-refractivity contribution is -0.276. The highest BCUT2D eigenvalue weighted by Crippen LogP contribution is 2.43. The van der Waals surface area contributed by atoms with Crippen molar-refractivity contribution in [2.45, 2.75) is 44.4 Å². The number of aromatic nitrogens is 1. The molecule has 278 valence electrons. The summed E-state index contributed by atoms with van der Waals surface area (Å²) in [4.78, 5) is 20.9. The van der Waals surface area contributed by atoms with Crippen LogP contribution in [0.15, 0.2) is 79.0 Å². The number of nitrogens with one attached hydrogen (secondary N) is 1. The molecule has 53 heavy (non-hydrogen) atoms. The molecule has 0 aliphatic carbocycles. The van der Waals surface area contributed by atoms with Crippen molar-refractivity contribution in [2.24, 2.45) is 0 Å². The van der Waals surface area contributed by atoms with Crippen LogP contribution in [0, 0.1) is 0 Å². The molecule has 7 rings (SSSR count). The van der Waals surface area contributed by atoms with E-state index in [-0.39, 0.29) is 24.1 Å². The molecule has 0 unspecified atom stereocenters. The van der Waals surface area contributed by atoms with Crippen molar-refractivity contribution in [3.8, 4) is 45.3 Å². The number of halogens is 6. The molecule has 2 aliphatic rings. The van der Waals surface area contributed by atoms with E-state index < -0.39 is 24.2 Å². The highest BCUT2D eigenvalue weighted by Gasteiger charge is 2.35. The van der Waals surface area contributed by atoms with Crippen molar-refractivity contribution in [3.05, 3.63) is 95.7 Å². The molecule has 1 saturated heterocycles. The number of carbonyl (C=O) groups is 1. The minimum Gasteiger partial charge on any atom is -0.493 e. The lowest BCUT2D eigenvalue weighted by atomic mass is 9.87. The van der Waals surface area contributed by atoms with Crippen molar-refractivity contribution < 1.29 is 50.1 Å². The van der Waals surface area contributed by atoms with Crippen LogP contribution in [0.1, 0.15) is 35.4 Å². The molecular formula is C39H35F6N3O5. The van der Waals surface area contributed by atoms with E-state index in [2.05, 4.69) is 20.5 Å². The molecule has 8 nitrogen and oxygen atoms in total. The lowest BCUT2D eigenvalue weighted by Gasteiger charge is -2.38. The maximum atomic E-state index is 14.0. The Balaban J connectivity index is 1.21. The van der Waals surface area contributed by atoms with E-state index in [0.717, 1.165) is 23.9 Å². The number of fused-ring (bicyclic) bond motifs is 2. The van der Waals surface area contributed by atoms with Crippen LogP contribution >= 0.6 is 0 Å². The number of piperidine rings is 1. The normalized spacial score (nSPS) is 15.3. The van der Waals surface area contributed by atoms with Crippen LogP contribution in [0.4, 0.5) is 31.1 Å². The van der Waals surface area contributed by atoms with Gasteiger partial charge < -0.3 is 33.7 Å². The number of urea groups is 1. The van der Waals surface area contributed by atoms with Crippen LogP contribution in [0.5, 0.6) is 23.0 Å². The Hall–Kier alpha value is -5.53. The lowest BCUT2D eigenvalue weighted by Crippen LogP contribution is -2.48. The predicted octanol–water partition coefficient (Wildman–Crippen LogP) is 9.67. The highest BCUT2D eigenvalue weighted by atomic mass is 19.4. The van der Waals surface area contributed by atoms with E-state index >= 15 is 0 Å². The van der Waals surface area contributed by atoms with Crippen molar-refractivity contribution >= 4 is 16.9 Å². The number of ether oxygens (including phenoxy) is 4. The molecule has 3 heterocycles. The number of amides is 2. The molecule has 1 N–H and O–H groups in total. The smallest absolute Gasteiger partial charge is 0.493 e. The maximum Gasteiger partial charge on any atom is 0.573 e. The molecule has 2 amide bonds. The summed E-state index contributed by atoms with van der Waals surface area (Å²) in [6.45, 7) is 1.66. The van der Waals surface area contributed by atoms with Gasteiger partial charge in [0.15, 0.2) is 23.0 Å². The quantitative estimate of drug-likeness (QED) is 0.168. The summed E-state index contributed by atoms with van der Waals surface area (Å²) in [6, 6.07) is 19.7. The number of nitrogens with zero attached hydrogens (tertiary/aromatic N) is 2. The number of aromatic amines is 1. The third-order valence-electron chi connectivity index (χ3n) is 9.86. The van der Waals surface area contributed by atoms with Crippen LogP contribution in [0.2, 0.25) is 0 Å². The predicted molar refractivity (Wildman–Crippen MR) is 185 cm³/mol. The van der Waals surface area contributed by atoms with Gasteiger partial charge in [-0.3, -0.25) is 0 Å². The van der Waals surface area contributed by atoms with E-state index in [9.17, 15) is 31.1 Å². The minimum absolute atomic E-state index is 0.131. The summed E-state index contributed by atoms with van der Waals surface area (Å²) in [6.07, 6.45) is -5.95. The Labute approximate surface area is 300 Å². The second kappa shape index (κ2) is 14.1. The molecular weight excluding hydrogens is 704 g/mol. The zero-order valence-corrected chi connectivity index (χ0v) is 28.7. The van der Waals surface area contributed by atoms with Gasteiger partial charge in [-0.15, -0.1) is 26.3 Å². The SMILES string of the molecule is COc1ccc(-c2cc3c(c(-c4ccc(OC)c(OC(F)(F)F)c4)c2)CN(C(=O)N2CCC(c4c[nH]c5ccccc45)CC2)CC3)cc1OC(F)(F)F. The Morgan fingerprint density at radius 3 is 1.98 bits per heavy atom. The highest BCUT2D eigenvalue weighted by molar-refractivity contribution is 5.84. The van der Waals surface area contributed by atoms with E-state index in [1.807, 2.05) is 35.4 Å². The van der Waals surface area contributed by atoms with Crippen LogP contribution in [-0.2, 0) is 13.0 Å². The second-order valence-electron chi connectivity index (χ2n) is 13.0. The van der Waals surface area contributed by atoms with Crippen molar-refractivity contribution in [1.29, 1.82) is 0 Å². The van der Waals surface area contributed by atoms with Gasteiger partial charge >= 0.3 is 18.8 Å². The van der Waals surface area contributed by atoms with Gasteiger partial charge in [-0.2, -0.15) is 0 Å². The largest absolute Gasteiger partial charge is 0.573 e. The standard InChI is InChI=1S/C39H35F6N3O5/c1-50-33-9-7-24(19-35(33)52-38(40,41)42)27-17-26-13-16-48(22-31(26)29(18-27)25-8-10-34(51-2)36(20-25)53-39(43,44)45)37(49)47-14-11-23(12-15-47)30-21-46-32-6-4-3-5-28(30)32/h3-10,17-21,23,46H,11-16,22H2,1-2H3. The van der Waals surface area contributed by atoms with Gasteiger partial charge in [0.25, 0.3) is 0 Å². The number of rotatable bonds is 7. The molecule has 0 atom stereocenters. The molecule has 4 aromatic carbocycles. The molecule has 14 heteroatoms. The van der Waals surface area contributed by atoms with Crippen molar-refractivity contribution in [3.63, 3.8) is 0 Å². The molecule has 0 bridgehead atoms. The Morgan fingerprint density at radius 1 is 0.717 bits per heavy atom. The van der Waals surface area contributed by atoms with Gasteiger partial charge in [-0.05, 0) is 101 Å². The van der Waals surface area contributed by atoms with Crippen LogP contribution in [-0.4, -0.2) is 67.4 Å². The first-order valence-corrected chi connectivity index (χ1v) is 16.9. The summed E-state index contributed by atoms with van der Waals surface area (Å²) in [7, 11) is 2.44. The molecule has 0 saturated carbocycles. The molecule has 5 aromatic rings. The molecule has 2 aliphatic heterocycles. The van der Waals surface area contributed by atoms with E-state index in [1.165, 1.54) is 49.4 Å². The van der Waals surface area contributed by atoms with E-state index in [0.29, 0.717) is 59.8 Å². The second-order valence-corrected chi connectivity index (χ2v) is 13.0. The Kier molecular flexibility index (Phi) is 9.56. The van der Waals surface area contributed by atoms with Crippen molar-refractivity contribution in [1.82, 2.24) is 14.8 Å². The minimum atomic E-state index is -5.00. The number of carbonyl (C=O) groups excluding carboxylic acids is 1. The number of methoxy groups -OCH3 is 2. The van der Waals surface area contributed by atoms with E-state index in [1.54, 1.807) is 23.1 Å². The maximum absolute atomic E-state index is 14.0. The van der Waals surface area contributed by atoms with Crippen molar-refractivity contribution in [2.75, 3.05) is 33.9 Å². The average molecular weight is 740 g/mol. The third kappa shape index (κ3) is 7.67. The zero-order chi connectivity index (χ0) is 37.5. The first kappa shape index (κ1) is 35.9. The van der Waals surface area contributed by atoms with Crippen LogP contribution < -0.4 is 18.9 Å². The number of hydrogen-bond acceptors (Lipinski definition) is 5. The number of para-hydroxylation sites is 1. The third-order valence-corrected chi connectivity index (χ3v) is 9.86. The number of H-pyrrole nitrogens is 1. The first-order valence-electron chi connectivity index (χ1n) is 16.9. The Bertz CT molecular complexity index is 2140. The molecule has 1 fully saturated rings. The topological polar surface area (TPSA) is 76.3 Å². The van der Waals surface area contributed by atoms with Gasteiger partial charge in [-0.1, -0.05) is 36.4 Å². The summed E-state index contributed by atoms with van der Waals surface area (Å²) in [5.74, 6) is -1.09. The fourth-order valence-corrected chi connectivity index (χ4v) is 7.38. The average Bonchev–Trinajstić information content (AvgIpc) is 3.57. The monoisotopic (exact) mass is 739 g/mol. The van der Waals surface area contributed by atoms with Crippen LogP contribution in [0.25, 0.3) is 33.2 Å². The van der Waals surface area contributed by atoms with E-state index in [4.69, 9.17) is 9.47 Å². The van der Waals surface area contributed by atoms with Gasteiger partial charge in [0.1, 0.15) is 0 Å². The number of hydrogen-bond donors (Lipinski definition) is 1. The molecule has 0 radical (unpaired) electrons. The van der Waals surface area contributed by atoms with Gasteiger partial charge in [0.05, 0.1) is 14.2 Å². The molecule has 1 aromatic heterocycles. The first-order chi connectivity index (χ1) is 25.3. The summed E-state index contributed by atoms with van der Waals surface area (Å²) < 4.78 is 98.9. The fraction of sp³-hybridized carbons (Fsp3) is 0.308. The summed E-state index contributed by atoms with van der Waals surface area (Å²) >= 11 is 0. The van der Waals surface area contributed by atoms with Crippen LogP contribution in [0.3, 0.4) is 0 Å².